The SMILES string of the molecule is Cc1noc([C@]2(O)CCN(S(=O)(=O)c3ccc4c(c3)CCC(=O)N4)C2)n1. The molecule has 4 rings (SSSR count). The van der Waals surface area contributed by atoms with Crippen molar-refractivity contribution < 1.29 is 22.8 Å². The van der Waals surface area contributed by atoms with Crippen molar-refractivity contribution in [3.05, 3.63) is 35.5 Å². The van der Waals surface area contributed by atoms with E-state index in [9.17, 15) is 18.3 Å². The van der Waals surface area contributed by atoms with Crippen LogP contribution in [-0.2, 0) is 26.8 Å². The lowest BCUT2D eigenvalue weighted by molar-refractivity contribution is -0.116. The maximum absolute atomic E-state index is 13.0. The molecule has 2 aliphatic heterocycles. The highest BCUT2D eigenvalue weighted by molar-refractivity contribution is 7.89. The van der Waals surface area contributed by atoms with Crippen molar-refractivity contribution in [2.45, 2.75) is 36.7 Å². The summed E-state index contributed by atoms with van der Waals surface area (Å²) in [5, 5.41) is 17.1. The van der Waals surface area contributed by atoms with Gasteiger partial charge in [-0.2, -0.15) is 9.29 Å². The van der Waals surface area contributed by atoms with E-state index in [1.807, 2.05) is 0 Å². The molecule has 2 N–H and O–H groups in total. The average Bonchev–Trinajstić information content (AvgIpc) is 3.22. The van der Waals surface area contributed by atoms with Gasteiger partial charge in [-0.25, -0.2) is 8.42 Å². The second-order valence-electron chi connectivity index (χ2n) is 6.63. The zero-order chi connectivity index (χ0) is 18.5. The van der Waals surface area contributed by atoms with Gasteiger partial charge < -0.3 is 14.9 Å². The summed E-state index contributed by atoms with van der Waals surface area (Å²) in [4.78, 5) is 15.6. The minimum Gasteiger partial charge on any atom is -0.379 e. The molecule has 9 nitrogen and oxygen atoms in total. The van der Waals surface area contributed by atoms with E-state index in [0.717, 1.165) is 5.56 Å². The number of hydrogen-bond donors (Lipinski definition) is 2. The highest BCUT2D eigenvalue weighted by Gasteiger charge is 2.46. The number of β-amino-alcohol motifs (C(OH)–C–C–N with tert-alkyl or cyclic N) is 1. The number of sulfonamides is 1. The van der Waals surface area contributed by atoms with Gasteiger partial charge in [0, 0.05) is 25.1 Å². The van der Waals surface area contributed by atoms with Gasteiger partial charge in [-0.15, -0.1) is 0 Å². The molecule has 0 saturated carbocycles. The molecule has 1 amide bonds. The number of carbonyl (C=O) groups is 1. The lowest BCUT2D eigenvalue weighted by atomic mass is 10.0. The van der Waals surface area contributed by atoms with Crippen molar-refractivity contribution in [3.63, 3.8) is 0 Å². The Bertz CT molecular complexity index is 986. The Morgan fingerprint density at radius 1 is 1.35 bits per heavy atom. The maximum atomic E-state index is 13.0. The summed E-state index contributed by atoms with van der Waals surface area (Å²) in [6, 6.07) is 4.65. The van der Waals surface area contributed by atoms with Crippen LogP contribution in [-0.4, -0.2) is 47.0 Å². The van der Waals surface area contributed by atoms with E-state index in [0.29, 0.717) is 24.4 Å². The van der Waals surface area contributed by atoms with Gasteiger partial charge in [0.05, 0.1) is 11.4 Å². The first-order chi connectivity index (χ1) is 12.3. The van der Waals surface area contributed by atoms with E-state index in [2.05, 4.69) is 15.5 Å². The number of aromatic nitrogens is 2. The van der Waals surface area contributed by atoms with Crippen molar-refractivity contribution in [2.75, 3.05) is 18.4 Å². The smallest absolute Gasteiger partial charge is 0.260 e. The highest BCUT2D eigenvalue weighted by Crippen LogP contribution is 2.35. The summed E-state index contributed by atoms with van der Waals surface area (Å²) in [6.45, 7) is 1.63. The molecule has 10 heteroatoms. The number of aliphatic hydroxyl groups is 1. The number of carbonyl (C=O) groups excluding carboxylic acids is 1. The maximum Gasteiger partial charge on any atom is 0.260 e. The van der Waals surface area contributed by atoms with Gasteiger partial charge in [0.15, 0.2) is 11.4 Å². The predicted octanol–water partition coefficient (Wildman–Crippen LogP) is 0.545. The molecular weight excluding hydrogens is 360 g/mol. The van der Waals surface area contributed by atoms with E-state index in [4.69, 9.17) is 4.52 Å². The fourth-order valence-electron chi connectivity index (χ4n) is 3.29. The summed E-state index contributed by atoms with van der Waals surface area (Å²) in [6.07, 6.45) is 1.00. The van der Waals surface area contributed by atoms with Crippen LogP contribution in [0.3, 0.4) is 0 Å². The fraction of sp³-hybridized carbons (Fsp3) is 0.438. The van der Waals surface area contributed by atoms with Crippen LogP contribution in [0, 0.1) is 6.92 Å². The molecule has 1 aromatic carbocycles. The number of nitrogens with zero attached hydrogens (tertiary/aromatic N) is 3. The monoisotopic (exact) mass is 378 g/mol. The molecule has 26 heavy (non-hydrogen) atoms. The molecule has 0 spiro atoms. The molecule has 2 aromatic rings. The van der Waals surface area contributed by atoms with E-state index in [1.165, 1.54) is 10.4 Å². The van der Waals surface area contributed by atoms with Gasteiger partial charge in [-0.1, -0.05) is 5.16 Å². The van der Waals surface area contributed by atoms with Crippen molar-refractivity contribution in [1.29, 1.82) is 0 Å². The Kier molecular flexibility index (Phi) is 3.86. The molecule has 138 valence electrons. The number of rotatable bonds is 3. The Hall–Kier alpha value is -2.30. The van der Waals surface area contributed by atoms with Crippen molar-refractivity contribution in [1.82, 2.24) is 14.4 Å². The van der Waals surface area contributed by atoms with E-state index in [1.54, 1.807) is 19.1 Å². The molecule has 1 atom stereocenters. The standard InChI is InChI=1S/C16H18N4O5S/c1-10-17-15(25-19-10)16(22)6-7-20(9-16)26(23,24)12-3-4-13-11(8-12)2-5-14(21)18-13/h3-4,8,22H,2,5-7,9H2,1H3,(H,18,21)/t16-/m0/s1. The second kappa shape index (κ2) is 5.86. The molecule has 1 fully saturated rings. The van der Waals surface area contributed by atoms with E-state index in [-0.39, 0.29) is 36.2 Å². The topological polar surface area (TPSA) is 126 Å². The number of fused-ring (bicyclic) bond motifs is 1. The number of hydrogen-bond acceptors (Lipinski definition) is 7. The Morgan fingerprint density at radius 2 is 2.15 bits per heavy atom. The molecule has 0 radical (unpaired) electrons. The fourth-order valence-corrected chi connectivity index (χ4v) is 4.84. The van der Waals surface area contributed by atoms with Crippen LogP contribution in [0.4, 0.5) is 5.69 Å². The molecule has 0 unspecified atom stereocenters. The summed E-state index contributed by atoms with van der Waals surface area (Å²) in [5.41, 5.74) is -0.0663. The summed E-state index contributed by atoms with van der Waals surface area (Å²) < 4.78 is 32.2. The van der Waals surface area contributed by atoms with Crippen LogP contribution < -0.4 is 5.32 Å². The van der Waals surface area contributed by atoms with Crippen LogP contribution in [0.1, 0.15) is 30.1 Å². The minimum atomic E-state index is -3.79. The molecule has 1 saturated heterocycles. The number of nitrogens with one attached hydrogen (secondary N) is 1. The molecule has 0 bridgehead atoms. The Morgan fingerprint density at radius 3 is 2.88 bits per heavy atom. The first-order valence-electron chi connectivity index (χ1n) is 8.24. The Labute approximate surface area is 150 Å². The molecule has 2 aliphatic rings. The third kappa shape index (κ3) is 2.79. The van der Waals surface area contributed by atoms with Crippen LogP contribution >= 0.6 is 0 Å². The summed E-state index contributed by atoms with van der Waals surface area (Å²) in [7, 11) is -3.79. The van der Waals surface area contributed by atoms with Crippen LogP contribution in [0.5, 0.6) is 0 Å². The zero-order valence-electron chi connectivity index (χ0n) is 14.1. The third-order valence-corrected chi connectivity index (χ3v) is 6.59. The van der Waals surface area contributed by atoms with Gasteiger partial charge in [0.2, 0.25) is 15.9 Å². The predicted molar refractivity (Wildman–Crippen MR) is 89.7 cm³/mol. The van der Waals surface area contributed by atoms with Gasteiger partial charge >= 0.3 is 0 Å². The molecule has 3 heterocycles. The Balaban J connectivity index is 1.61. The van der Waals surface area contributed by atoms with Crippen LogP contribution in [0.2, 0.25) is 0 Å². The first-order valence-corrected chi connectivity index (χ1v) is 9.68. The van der Waals surface area contributed by atoms with Crippen molar-refractivity contribution in [3.8, 4) is 0 Å². The number of aryl methyl sites for hydroxylation is 2. The van der Waals surface area contributed by atoms with Gasteiger partial charge in [-0.3, -0.25) is 4.79 Å². The van der Waals surface area contributed by atoms with Crippen molar-refractivity contribution >= 4 is 21.6 Å². The largest absolute Gasteiger partial charge is 0.379 e. The highest BCUT2D eigenvalue weighted by atomic mass is 32.2. The van der Waals surface area contributed by atoms with Crippen LogP contribution in [0.15, 0.2) is 27.6 Å². The molecule has 0 aliphatic carbocycles. The van der Waals surface area contributed by atoms with Gasteiger partial charge in [0.1, 0.15) is 0 Å². The van der Waals surface area contributed by atoms with Gasteiger partial charge in [-0.05, 0) is 37.1 Å². The molecule has 1 aromatic heterocycles. The van der Waals surface area contributed by atoms with Crippen LogP contribution in [0.25, 0.3) is 0 Å². The zero-order valence-corrected chi connectivity index (χ0v) is 14.9. The lowest BCUT2D eigenvalue weighted by Gasteiger charge is -2.21. The summed E-state index contributed by atoms with van der Waals surface area (Å²) in [5.74, 6) is 0.333. The van der Waals surface area contributed by atoms with Crippen molar-refractivity contribution in [2.24, 2.45) is 0 Å². The normalized spacial score (nSPS) is 23.7. The first kappa shape index (κ1) is 17.1. The quantitative estimate of drug-likeness (QED) is 0.798. The summed E-state index contributed by atoms with van der Waals surface area (Å²) >= 11 is 0. The molecular formula is C16H18N4O5S. The van der Waals surface area contributed by atoms with Gasteiger partial charge in [0.25, 0.3) is 5.89 Å². The third-order valence-electron chi connectivity index (χ3n) is 4.75. The average molecular weight is 378 g/mol. The number of amides is 1. The van der Waals surface area contributed by atoms with E-state index >= 15 is 0 Å². The number of benzene rings is 1. The minimum absolute atomic E-state index is 0.0286. The number of anilines is 1. The van der Waals surface area contributed by atoms with E-state index < -0.39 is 15.6 Å². The second-order valence-corrected chi connectivity index (χ2v) is 8.57. The lowest BCUT2D eigenvalue weighted by Crippen LogP contribution is -2.34.